The fourth-order valence-electron chi connectivity index (χ4n) is 2.92. The van der Waals surface area contributed by atoms with Gasteiger partial charge in [-0.25, -0.2) is 4.79 Å². The predicted octanol–water partition coefficient (Wildman–Crippen LogP) is 0.0600. The van der Waals surface area contributed by atoms with Gasteiger partial charge in [-0.2, -0.15) is 8.78 Å². The molecule has 11 nitrogen and oxygen atoms in total. The van der Waals surface area contributed by atoms with Gasteiger partial charge < -0.3 is 20.8 Å². The maximum Gasteiger partial charge on any atom is 0.355 e. The molecule has 1 saturated heterocycles. The fraction of sp³-hybridized carbons (Fsp3) is 0.429. The molecule has 1 aromatic carbocycles. The summed E-state index contributed by atoms with van der Waals surface area (Å²) in [6.07, 6.45) is -3.02. The van der Waals surface area contributed by atoms with E-state index in [2.05, 4.69) is 10.6 Å². The minimum atomic E-state index is -3.15. The molecular weight excluding hydrogens is 458 g/mol. The molecule has 0 aromatic heterocycles. The van der Waals surface area contributed by atoms with Crippen molar-refractivity contribution in [2.75, 3.05) is 13.1 Å². The van der Waals surface area contributed by atoms with Crippen molar-refractivity contribution in [3.05, 3.63) is 35.9 Å². The molecule has 0 bridgehead atoms. The number of unbranched alkanes of at least 4 members (excludes halogenated alkanes) is 1. The van der Waals surface area contributed by atoms with Crippen molar-refractivity contribution in [1.82, 2.24) is 21.0 Å². The van der Waals surface area contributed by atoms with Crippen molar-refractivity contribution in [3.8, 4) is 0 Å². The lowest BCUT2D eigenvalue weighted by Gasteiger charge is -2.20. The number of imide groups is 1. The monoisotopic (exact) mass is 482 g/mol. The van der Waals surface area contributed by atoms with Crippen LogP contribution in [0, 0.1) is 0 Å². The number of carbonyl (C=O) groups is 6. The third kappa shape index (κ3) is 8.22. The summed E-state index contributed by atoms with van der Waals surface area (Å²) in [7, 11) is 0. The van der Waals surface area contributed by atoms with Crippen LogP contribution in [0.1, 0.15) is 42.5 Å². The third-order valence-electron chi connectivity index (χ3n) is 4.67. The van der Waals surface area contributed by atoms with E-state index in [1.165, 1.54) is 0 Å². The lowest BCUT2D eigenvalue weighted by atomic mass is 10.1. The van der Waals surface area contributed by atoms with Crippen LogP contribution < -0.4 is 16.0 Å². The molecule has 1 aliphatic heterocycles. The molecule has 1 aromatic rings. The predicted molar refractivity (Wildman–Crippen MR) is 111 cm³/mol. The number of hydrogen-bond donors (Lipinski definition) is 3. The highest BCUT2D eigenvalue weighted by Crippen LogP contribution is 2.14. The van der Waals surface area contributed by atoms with Gasteiger partial charge in [-0.15, -0.1) is 5.06 Å². The van der Waals surface area contributed by atoms with Gasteiger partial charge in [0.2, 0.25) is 5.91 Å². The molecule has 13 heteroatoms. The topological polar surface area (TPSA) is 151 Å². The van der Waals surface area contributed by atoms with Crippen molar-refractivity contribution in [2.45, 2.75) is 44.6 Å². The Hall–Kier alpha value is -3.90. The van der Waals surface area contributed by atoms with Gasteiger partial charge in [0.25, 0.3) is 23.6 Å². The molecule has 0 aliphatic carbocycles. The zero-order valence-corrected chi connectivity index (χ0v) is 18.1. The van der Waals surface area contributed by atoms with Crippen molar-refractivity contribution in [3.63, 3.8) is 0 Å². The molecule has 2 rings (SSSR count). The second-order valence-electron chi connectivity index (χ2n) is 7.25. The summed E-state index contributed by atoms with van der Waals surface area (Å²) in [5.74, 6) is -5.16. The van der Waals surface area contributed by atoms with Crippen LogP contribution >= 0.6 is 0 Å². The average Bonchev–Trinajstić information content (AvgIpc) is 3.13. The van der Waals surface area contributed by atoms with E-state index in [9.17, 15) is 37.5 Å². The Kier molecular flexibility index (Phi) is 10.0. The van der Waals surface area contributed by atoms with E-state index >= 15 is 0 Å². The van der Waals surface area contributed by atoms with Crippen molar-refractivity contribution >= 4 is 35.5 Å². The summed E-state index contributed by atoms with van der Waals surface area (Å²) < 4.78 is 24.4. The summed E-state index contributed by atoms with van der Waals surface area (Å²) in [5.41, 5.74) is 0.322. The lowest BCUT2D eigenvalue weighted by molar-refractivity contribution is -0.199. The Morgan fingerprint density at radius 2 is 1.62 bits per heavy atom. The van der Waals surface area contributed by atoms with Gasteiger partial charge in [0.05, 0.1) is 6.54 Å². The fourth-order valence-corrected chi connectivity index (χ4v) is 2.92. The molecule has 1 aliphatic rings. The minimum Gasteiger partial charge on any atom is -0.351 e. The average molecular weight is 482 g/mol. The molecule has 5 amide bonds. The van der Waals surface area contributed by atoms with Gasteiger partial charge in [-0.3, -0.25) is 24.0 Å². The first kappa shape index (κ1) is 26.4. The van der Waals surface area contributed by atoms with Crippen LogP contribution in [-0.2, 0) is 28.8 Å². The number of carbonyl (C=O) groups excluding carboxylic acids is 6. The number of rotatable bonds is 12. The highest BCUT2D eigenvalue weighted by atomic mass is 19.3. The quantitative estimate of drug-likeness (QED) is 0.282. The lowest BCUT2D eigenvalue weighted by Crippen LogP contribution is -2.48. The summed E-state index contributed by atoms with van der Waals surface area (Å²) in [6, 6.07) is 6.80. The summed E-state index contributed by atoms with van der Waals surface area (Å²) in [6.45, 7) is -0.557. The number of nitrogens with zero attached hydrogens (tertiary/aromatic N) is 1. The van der Waals surface area contributed by atoms with Gasteiger partial charge in [0.15, 0.2) is 0 Å². The largest absolute Gasteiger partial charge is 0.355 e. The van der Waals surface area contributed by atoms with E-state index in [1.807, 2.05) is 5.32 Å². The van der Waals surface area contributed by atoms with Crippen molar-refractivity contribution < 1.29 is 42.4 Å². The third-order valence-corrected chi connectivity index (χ3v) is 4.67. The van der Waals surface area contributed by atoms with E-state index in [-0.39, 0.29) is 38.6 Å². The molecule has 0 spiro atoms. The molecule has 0 saturated carbocycles. The maximum atomic E-state index is 12.5. The van der Waals surface area contributed by atoms with Crippen LogP contribution in [0.3, 0.4) is 0 Å². The van der Waals surface area contributed by atoms with Gasteiger partial charge in [-0.1, -0.05) is 18.2 Å². The number of hydroxylamine groups is 2. The van der Waals surface area contributed by atoms with E-state index < -0.39 is 54.5 Å². The zero-order valence-electron chi connectivity index (χ0n) is 18.1. The van der Waals surface area contributed by atoms with Crippen LogP contribution in [0.15, 0.2) is 30.3 Å². The number of amides is 5. The molecule has 34 heavy (non-hydrogen) atoms. The summed E-state index contributed by atoms with van der Waals surface area (Å²) in [5, 5.41) is 7.09. The zero-order chi connectivity index (χ0) is 25.1. The molecule has 1 heterocycles. The van der Waals surface area contributed by atoms with Gasteiger partial charge in [0, 0.05) is 24.9 Å². The first-order chi connectivity index (χ1) is 16.2. The van der Waals surface area contributed by atoms with Crippen LogP contribution in [0.4, 0.5) is 8.78 Å². The maximum absolute atomic E-state index is 12.5. The Morgan fingerprint density at radius 1 is 0.971 bits per heavy atom. The van der Waals surface area contributed by atoms with E-state index in [4.69, 9.17) is 4.84 Å². The first-order valence-corrected chi connectivity index (χ1v) is 10.4. The number of hydrogen-bond acceptors (Lipinski definition) is 7. The highest BCUT2D eigenvalue weighted by molar-refractivity contribution is 6.02. The number of benzene rings is 1. The summed E-state index contributed by atoms with van der Waals surface area (Å²) >= 11 is 0. The molecule has 0 radical (unpaired) electrons. The Balaban J connectivity index is 1.90. The van der Waals surface area contributed by atoms with E-state index in [0.717, 1.165) is 0 Å². The smallest absolute Gasteiger partial charge is 0.351 e. The molecule has 3 N–H and O–H groups in total. The normalized spacial score (nSPS) is 14.0. The Labute approximate surface area is 193 Å². The molecule has 1 unspecified atom stereocenters. The minimum absolute atomic E-state index is 0.0437. The van der Waals surface area contributed by atoms with Gasteiger partial charge in [-0.05, 0) is 31.4 Å². The molecule has 184 valence electrons. The molecule has 1 atom stereocenters. The Morgan fingerprint density at radius 3 is 2.24 bits per heavy atom. The van der Waals surface area contributed by atoms with Gasteiger partial charge >= 0.3 is 12.4 Å². The number of alkyl halides is 2. The first-order valence-electron chi connectivity index (χ1n) is 10.4. The SMILES string of the molecule is O=C(CNC(=O)c1ccccc1)NC(CCCCNC(=O)C(F)F)C(=O)ON1C(=O)CCC1=O. The van der Waals surface area contributed by atoms with Crippen molar-refractivity contribution in [2.24, 2.45) is 0 Å². The van der Waals surface area contributed by atoms with Gasteiger partial charge in [0.1, 0.15) is 6.04 Å². The second kappa shape index (κ2) is 13.0. The Bertz CT molecular complexity index is 911. The van der Waals surface area contributed by atoms with Crippen molar-refractivity contribution in [1.29, 1.82) is 0 Å². The highest BCUT2D eigenvalue weighted by Gasteiger charge is 2.35. The van der Waals surface area contributed by atoms with E-state index in [1.54, 1.807) is 30.3 Å². The number of nitrogens with one attached hydrogen (secondary N) is 3. The summed E-state index contributed by atoms with van der Waals surface area (Å²) in [4.78, 5) is 76.0. The van der Waals surface area contributed by atoms with Crippen LogP contribution in [-0.4, -0.2) is 66.1 Å². The molecular formula is C21H24F2N4O7. The van der Waals surface area contributed by atoms with E-state index in [0.29, 0.717) is 10.6 Å². The van der Waals surface area contributed by atoms with Crippen LogP contribution in [0.25, 0.3) is 0 Å². The standard InChI is InChI=1S/C21H24F2N4O7/c22-18(23)20(32)24-11-5-4-8-14(21(33)34-27-16(29)9-10-17(27)30)26-15(28)12-25-19(31)13-6-2-1-3-7-13/h1-3,6-7,14,18H,4-5,8-12H2,(H,24,32)(H,25,31)(H,26,28). The second-order valence-corrected chi connectivity index (χ2v) is 7.25. The van der Waals surface area contributed by atoms with Crippen LogP contribution in [0.2, 0.25) is 0 Å². The van der Waals surface area contributed by atoms with Crippen LogP contribution in [0.5, 0.6) is 0 Å². The number of halogens is 2. The molecule has 1 fully saturated rings.